The molecule has 1 aromatic heterocycles. The maximum atomic E-state index is 12.5. The first kappa shape index (κ1) is 17.6. The second kappa shape index (κ2) is 7.35. The molecule has 0 saturated heterocycles. The van der Waals surface area contributed by atoms with E-state index in [1.165, 1.54) is 0 Å². The lowest BCUT2D eigenvalue weighted by molar-refractivity contribution is 0.0318. The Morgan fingerprint density at radius 2 is 1.77 bits per heavy atom. The molecule has 5 nitrogen and oxygen atoms in total. The Bertz CT molecular complexity index is 966. The number of methoxy groups -OCH3 is 1. The van der Waals surface area contributed by atoms with E-state index in [1.54, 1.807) is 63.4 Å². The number of carbonyl (C=O) groups excluding carboxylic acids is 2. The largest absolute Gasteiger partial charge is 0.497 e. The number of esters is 1. The fourth-order valence-electron chi connectivity index (χ4n) is 2.69. The molecule has 0 bridgehead atoms. The van der Waals surface area contributed by atoms with Gasteiger partial charge >= 0.3 is 5.97 Å². The van der Waals surface area contributed by atoms with Crippen molar-refractivity contribution in [3.8, 4) is 5.75 Å². The van der Waals surface area contributed by atoms with Crippen molar-refractivity contribution in [1.29, 1.82) is 0 Å². The van der Waals surface area contributed by atoms with Crippen LogP contribution in [0.3, 0.4) is 0 Å². The van der Waals surface area contributed by atoms with Gasteiger partial charge in [-0.05, 0) is 32.0 Å². The van der Waals surface area contributed by atoms with Crippen molar-refractivity contribution < 1.29 is 19.1 Å². The molecule has 1 unspecified atom stereocenters. The van der Waals surface area contributed by atoms with Crippen LogP contribution in [0, 0.1) is 6.92 Å². The number of fused-ring (bicyclic) bond motifs is 1. The van der Waals surface area contributed by atoms with Crippen LogP contribution in [0.25, 0.3) is 10.9 Å². The molecule has 5 heteroatoms. The molecule has 3 rings (SSSR count). The normalized spacial score (nSPS) is 11.8. The molecular formula is C21H19NO4. The van der Waals surface area contributed by atoms with Crippen LogP contribution >= 0.6 is 0 Å². The van der Waals surface area contributed by atoms with Crippen LogP contribution in [0.15, 0.2) is 54.6 Å². The van der Waals surface area contributed by atoms with E-state index < -0.39 is 12.1 Å². The third-order valence-corrected chi connectivity index (χ3v) is 4.15. The third kappa shape index (κ3) is 3.57. The SMILES string of the molecule is COc1ccc2cc(C(=O)OC(C)C(=O)c3ccccc3)c(C)nc2c1. The molecule has 0 fully saturated rings. The maximum absolute atomic E-state index is 12.5. The fourth-order valence-corrected chi connectivity index (χ4v) is 2.69. The van der Waals surface area contributed by atoms with Gasteiger partial charge in [0, 0.05) is 17.0 Å². The molecule has 2 aromatic carbocycles. The lowest BCUT2D eigenvalue weighted by Gasteiger charge is -2.14. The van der Waals surface area contributed by atoms with E-state index in [0.29, 0.717) is 22.6 Å². The summed E-state index contributed by atoms with van der Waals surface area (Å²) < 4.78 is 10.6. The monoisotopic (exact) mass is 349 g/mol. The molecular weight excluding hydrogens is 330 g/mol. The van der Waals surface area contributed by atoms with E-state index in [0.717, 1.165) is 10.9 Å². The summed E-state index contributed by atoms with van der Waals surface area (Å²) in [7, 11) is 1.59. The highest BCUT2D eigenvalue weighted by Crippen LogP contribution is 2.22. The highest BCUT2D eigenvalue weighted by molar-refractivity contribution is 6.02. The number of nitrogens with zero attached hydrogens (tertiary/aromatic N) is 1. The summed E-state index contributed by atoms with van der Waals surface area (Å²) in [5, 5.41) is 0.797. The molecule has 1 atom stereocenters. The number of pyridine rings is 1. The molecule has 1 heterocycles. The number of hydrogen-bond donors (Lipinski definition) is 0. The topological polar surface area (TPSA) is 65.5 Å². The zero-order valence-electron chi connectivity index (χ0n) is 14.9. The Morgan fingerprint density at radius 1 is 1.04 bits per heavy atom. The van der Waals surface area contributed by atoms with E-state index >= 15 is 0 Å². The van der Waals surface area contributed by atoms with Gasteiger partial charge < -0.3 is 9.47 Å². The standard InChI is InChI=1S/C21H19NO4/c1-13-18(11-16-9-10-17(25-3)12-19(16)22-13)21(24)26-14(2)20(23)15-7-5-4-6-8-15/h4-12,14H,1-3H3. The average Bonchev–Trinajstić information content (AvgIpc) is 2.66. The van der Waals surface area contributed by atoms with E-state index in [9.17, 15) is 9.59 Å². The number of rotatable bonds is 5. The first-order valence-corrected chi connectivity index (χ1v) is 8.25. The van der Waals surface area contributed by atoms with Crippen molar-refractivity contribution in [3.63, 3.8) is 0 Å². The highest BCUT2D eigenvalue weighted by atomic mass is 16.5. The minimum atomic E-state index is -0.879. The Hall–Kier alpha value is -3.21. The van der Waals surface area contributed by atoms with Gasteiger partial charge in [-0.2, -0.15) is 0 Å². The van der Waals surface area contributed by atoms with E-state index in [1.807, 2.05) is 12.1 Å². The number of Topliss-reactive ketones (excluding diaryl/α,β-unsaturated/α-hetero) is 1. The Morgan fingerprint density at radius 3 is 2.46 bits per heavy atom. The fraction of sp³-hybridized carbons (Fsp3) is 0.190. The van der Waals surface area contributed by atoms with Crippen LogP contribution in [0.4, 0.5) is 0 Å². The highest BCUT2D eigenvalue weighted by Gasteiger charge is 2.22. The van der Waals surface area contributed by atoms with Crippen molar-refractivity contribution in [1.82, 2.24) is 4.98 Å². The predicted octanol–water partition coefficient (Wildman–Crippen LogP) is 3.98. The lowest BCUT2D eigenvalue weighted by Crippen LogP contribution is -2.25. The van der Waals surface area contributed by atoms with Crippen molar-refractivity contribution in [2.45, 2.75) is 20.0 Å². The molecule has 132 valence electrons. The Labute approximate surface area is 151 Å². The number of ketones is 1. The van der Waals surface area contributed by atoms with Gasteiger partial charge in [0.1, 0.15) is 5.75 Å². The molecule has 0 spiro atoms. The summed E-state index contributed by atoms with van der Waals surface area (Å²) in [4.78, 5) is 29.4. The lowest BCUT2D eigenvalue weighted by atomic mass is 10.1. The van der Waals surface area contributed by atoms with Crippen LogP contribution < -0.4 is 4.74 Å². The predicted molar refractivity (Wildman–Crippen MR) is 98.7 cm³/mol. The number of ether oxygens (including phenoxy) is 2. The van der Waals surface area contributed by atoms with Crippen molar-refractivity contribution in [2.75, 3.05) is 7.11 Å². The maximum Gasteiger partial charge on any atom is 0.340 e. The summed E-state index contributed by atoms with van der Waals surface area (Å²) in [6.07, 6.45) is -0.879. The second-order valence-electron chi connectivity index (χ2n) is 5.96. The number of aromatic nitrogens is 1. The van der Waals surface area contributed by atoms with Crippen molar-refractivity contribution in [3.05, 3.63) is 71.4 Å². The van der Waals surface area contributed by atoms with Crippen LogP contribution in [-0.4, -0.2) is 30.0 Å². The molecule has 3 aromatic rings. The first-order chi connectivity index (χ1) is 12.5. The summed E-state index contributed by atoms with van der Waals surface area (Å²) in [6, 6.07) is 15.9. The minimum Gasteiger partial charge on any atom is -0.497 e. The van der Waals surface area contributed by atoms with Crippen LogP contribution in [-0.2, 0) is 4.74 Å². The van der Waals surface area contributed by atoms with Gasteiger partial charge in [0.15, 0.2) is 6.10 Å². The molecule has 0 amide bonds. The Balaban J connectivity index is 1.83. The average molecular weight is 349 g/mol. The van der Waals surface area contributed by atoms with Gasteiger partial charge in [-0.25, -0.2) is 4.79 Å². The van der Waals surface area contributed by atoms with Gasteiger partial charge in [0.2, 0.25) is 5.78 Å². The summed E-state index contributed by atoms with van der Waals surface area (Å²) in [5.41, 5.74) is 2.12. The Kier molecular flexibility index (Phi) is 4.98. The molecule has 26 heavy (non-hydrogen) atoms. The quantitative estimate of drug-likeness (QED) is 0.515. The summed E-state index contributed by atoms with van der Waals surface area (Å²) in [6.45, 7) is 3.31. The summed E-state index contributed by atoms with van der Waals surface area (Å²) in [5.74, 6) is -0.110. The van der Waals surface area contributed by atoms with E-state index in [2.05, 4.69) is 4.98 Å². The van der Waals surface area contributed by atoms with Crippen LogP contribution in [0.1, 0.15) is 33.3 Å². The third-order valence-electron chi connectivity index (χ3n) is 4.15. The van der Waals surface area contributed by atoms with Gasteiger partial charge in [-0.3, -0.25) is 9.78 Å². The zero-order valence-corrected chi connectivity index (χ0v) is 14.9. The van der Waals surface area contributed by atoms with Gasteiger partial charge in [-0.1, -0.05) is 30.3 Å². The van der Waals surface area contributed by atoms with Gasteiger partial charge in [0.25, 0.3) is 0 Å². The smallest absolute Gasteiger partial charge is 0.340 e. The van der Waals surface area contributed by atoms with Crippen LogP contribution in [0.5, 0.6) is 5.75 Å². The second-order valence-corrected chi connectivity index (χ2v) is 5.96. The summed E-state index contributed by atoms with van der Waals surface area (Å²) >= 11 is 0. The van der Waals surface area contributed by atoms with Crippen LogP contribution in [0.2, 0.25) is 0 Å². The number of benzene rings is 2. The van der Waals surface area contributed by atoms with E-state index in [-0.39, 0.29) is 5.78 Å². The van der Waals surface area contributed by atoms with Gasteiger partial charge in [-0.15, -0.1) is 0 Å². The molecule has 0 aliphatic rings. The molecule has 0 aliphatic heterocycles. The zero-order chi connectivity index (χ0) is 18.7. The first-order valence-electron chi connectivity index (χ1n) is 8.25. The van der Waals surface area contributed by atoms with E-state index in [4.69, 9.17) is 9.47 Å². The molecule has 0 saturated carbocycles. The molecule has 0 N–H and O–H groups in total. The van der Waals surface area contributed by atoms with Crippen molar-refractivity contribution in [2.24, 2.45) is 0 Å². The number of aryl methyl sites for hydroxylation is 1. The van der Waals surface area contributed by atoms with Crippen molar-refractivity contribution >= 4 is 22.7 Å². The number of carbonyl (C=O) groups is 2. The van der Waals surface area contributed by atoms with Gasteiger partial charge in [0.05, 0.1) is 23.9 Å². The minimum absolute atomic E-state index is 0.241. The molecule has 0 aliphatic carbocycles. The number of hydrogen-bond acceptors (Lipinski definition) is 5. The molecule has 0 radical (unpaired) electrons.